The summed E-state index contributed by atoms with van der Waals surface area (Å²) in [5.41, 5.74) is 4.69. The zero-order valence-electron chi connectivity index (χ0n) is 14.1. The Morgan fingerprint density at radius 1 is 1.40 bits per heavy atom. The summed E-state index contributed by atoms with van der Waals surface area (Å²) in [6, 6.07) is 4.09. The standard InChI is InChI=1S/C18H20N4O2S/c1-13-17(25-12-20-13)18(23)22-7-8-24-11-14(10-22)9-15-16-3-2-5-21(16)6-4-19-15/h2-6,12,14H,7-11H2,1H3/t14-/m1/s1. The van der Waals surface area contributed by atoms with E-state index in [9.17, 15) is 4.79 Å². The van der Waals surface area contributed by atoms with Gasteiger partial charge in [0.15, 0.2) is 0 Å². The number of rotatable bonds is 3. The van der Waals surface area contributed by atoms with Crippen molar-refractivity contribution < 1.29 is 9.53 Å². The van der Waals surface area contributed by atoms with Gasteiger partial charge in [-0.1, -0.05) is 0 Å². The normalized spacial score (nSPS) is 18.4. The first-order valence-electron chi connectivity index (χ1n) is 8.40. The van der Waals surface area contributed by atoms with Gasteiger partial charge in [-0.15, -0.1) is 11.3 Å². The Morgan fingerprint density at radius 2 is 2.32 bits per heavy atom. The van der Waals surface area contributed by atoms with Crippen molar-refractivity contribution in [3.05, 3.63) is 52.5 Å². The van der Waals surface area contributed by atoms with Gasteiger partial charge >= 0.3 is 0 Å². The third kappa shape index (κ3) is 3.29. The molecule has 4 rings (SSSR count). The van der Waals surface area contributed by atoms with Gasteiger partial charge in [0.25, 0.3) is 5.91 Å². The number of aryl methyl sites for hydroxylation is 1. The molecule has 0 radical (unpaired) electrons. The van der Waals surface area contributed by atoms with Crippen LogP contribution in [0.1, 0.15) is 21.1 Å². The number of amides is 1. The van der Waals surface area contributed by atoms with Gasteiger partial charge in [0.1, 0.15) is 4.88 Å². The van der Waals surface area contributed by atoms with Crippen molar-refractivity contribution in [2.24, 2.45) is 5.92 Å². The average Bonchev–Trinajstić information content (AvgIpc) is 3.19. The van der Waals surface area contributed by atoms with Gasteiger partial charge in [-0.25, -0.2) is 4.98 Å². The molecule has 130 valence electrons. The van der Waals surface area contributed by atoms with Crippen molar-refractivity contribution in [1.29, 1.82) is 0 Å². The second-order valence-corrected chi connectivity index (χ2v) is 7.19. The quantitative estimate of drug-likeness (QED) is 0.723. The number of hydrogen-bond donors (Lipinski definition) is 0. The van der Waals surface area contributed by atoms with E-state index in [0.29, 0.717) is 26.3 Å². The van der Waals surface area contributed by atoms with Crippen LogP contribution >= 0.6 is 11.3 Å². The topological polar surface area (TPSA) is 59.7 Å². The van der Waals surface area contributed by atoms with Gasteiger partial charge in [0, 0.05) is 37.6 Å². The van der Waals surface area contributed by atoms with Crippen LogP contribution in [0.15, 0.2) is 36.2 Å². The van der Waals surface area contributed by atoms with Gasteiger partial charge in [-0.05, 0) is 25.5 Å². The summed E-state index contributed by atoms with van der Waals surface area (Å²) >= 11 is 1.41. The first-order chi connectivity index (χ1) is 12.2. The molecular weight excluding hydrogens is 336 g/mol. The summed E-state index contributed by atoms with van der Waals surface area (Å²) in [6.07, 6.45) is 6.58. The average molecular weight is 356 g/mol. The molecule has 3 aromatic rings. The Labute approximate surface area is 150 Å². The van der Waals surface area contributed by atoms with Gasteiger partial charge < -0.3 is 14.0 Å². The summed E-state index contributed by atoms with van der Waals surface area (Å²) in [5.74, 6) is 0.289. The summed E-state index contributed by atoms with van der Waals surface area (Å²) in [7, 11) is 0. The number of fused-ring (bicyclic) bond motifs is 1. The smallest absolute Gasteiger partial charge is 0.265 e. The van der Waals surface area contributed by atoms with E-state index in [4.69, 9.17) is 4.74 Å². The van der Waals surface area contributed by atoms with E-state index in [0.717, 1.165) is 28.2 Å². The fourth-order valence-corrected chi connectivity index (χ4v) is 4.07. The minimum absolute atomic E-state index is 0.0596. The molecule has 1 saturated heterocycles. The Kier molecular flexibility index (Phi) is 4.50. The van der Waals surface area contributed by atoms with Crippen molar-refractivity contribution in [1.82, 2.24) is 19.3 Å². The first kappa shape index (κ1) is 16.2. The van der Waals surface area contributed by atoms with Crippen molar-refractivity contribution in [3.8, 4) is 0 Å². The summed E-state index contributed by atoms with van der Waals surface area (Å²) in [4.78, 5) is 24.2. The van der Waals surface area contributed by atoms with Gasteiger partial charge in [0.2, 0.25) is 0 Å². The van der Waals surface area contributed by atoms with Crippen molar-refractivity contribution in [2.45, 2.75) is 13.3 Å². The van der Waals surface area contributed by atoms with Gasteiger partial charge in [0.05, 0.1) is 35.6 Å². The molecule has 0 bridgehead atoms. The van der Waals surface area contributed by atoms with E-state index in [2.05, 4.69) is 20.4 Å². The molecule has 4 heterocycles. The maximum Gasteiger partial charge on any atom is 0.265 e. The molecule has 1 amide bonds. The third-order valence-electron chi connectivity index (χ3n) is 4.58. The van der Waals surface area contributed by atoms with Gasteiger partial charge in [-0.3, -0.25) is 9.78 Å². The van der Waals surface area contributed by atoms with E-state index in [1.807, 2.05) is 36.5 Å². The minimum atomic E-state index is 0.0596. The van der Waals surface area contributed by atoms with Crippen molar-refractivity contribution in [3.63, 3.8) is 0 Å². The molecule has 0 aliphatic carbocycles. The molecule has 3 aromatic heterocycles. The molecule has 7 heteroatoms. The van der Waals surface area contributed by atoms with Gasteiger partial charge in [-0.2, -0.15) is 0 Å². The zero-order chi connectivity index (χ0) is 17.2. The van der Waals surface area contributed by atoms with E-state index in [1.54, 1.807) is 5.51 Å². The number of hydrogen-bond acceptors (Lipinski definition) is 5. The van der Waals surface area contributed by atoms with Crippen LogP contribution in [0.2, 0.25) is 0 Å². The Balaban J connectivity index is 1.53. The lowest BCUT2D eigenvalue weighted by Gasteiger charge is -2.23. The fraction of sp³-hybridized carbons (Fsp3) is 0.389. The monoisotopic (exact) mass is 356 g/mol. The second-order valence-electron chi connectivity index (χ2n) is 6.34. The summed E-state index contributed by atoms with van der Waals surface area (Å²) in [6.45, 7) is 4.40. The van der Waals surface area contributed by atoms with Crippen LogP contribution in [0.3, 0.4) is 0 Å². The minimum Gasteiger partial charge on any atom is -0.379 e. The Morgan fingerprint density at radius 3 is 3.16 bits per heavy atom. The SMILES string of the molecule is Cc1ncsc1C(=O)N1CCOC[C@H](Cc2nccn3cccc23)C1. The van der Waals surface area contributed by atoms with Crippen LogP contribution in [0.4, 0.5) is 0 Å². The number of ether oxygens (including phenoxy) is 1. The number of aromatic nitrogens is 3. The summed E-state index contributed by atoms with van der Waals surface area (Å²) < 4.78 is 7.83. The van der Waals surface area contributed by atoms with E-state index >= 15 is 0 Å². The molecule has 0 N–H and O–H groups in total. The fourth-order valence-electron chi connectivity index (χ4n) is 3.30. The number of nitrogens with zero attached hydrogens (tertiary/aromatic N) is 4. The lowest BCUT2D eigenvalue weighted by molar-refractivity contribution is 0.0741. The van der Waals surface area contributed by atoms with E-state index < -0.39 is 0 Å². The predicted molar refractivity (Wildman–Crippen MR) is 96.0 cm³/mol. The molecule has 0 aromatic carbocycles. The lowest BCUT2D eigenvalue weighted by Crippen LogP contribution is -2.36. The van der Waals surface area contributed by atoms with Crippen LogP contribution < -0.4 is 0 Å². The van der Waals surface area contributed by atoms with Crippen LogP contribution in [0, 0.1) is 12.8 Å². The highest BCUT2D eigenvalue weighted by Gasteiger charge is 2.26. The molecule has 1 fully saturated rings. The maximum atomic E-state index is 12.8. The Hall–Kier alpha value is -2.25. The Bertz CT molecular complexity index is 888. The van der Waals surface area contributed by atoms with Crippen LogP contribution in [0.25, 0.3) is 5.52 Å². The molecule has 0 spiro atoms. The highest BCUT2D eigenvalue weighted by molar-refractivity contribution is 7.11. The van der Waals surface area contributed by atoms with Crippen molar-refractivity contribution >= 4 is 22.8 Å². The van der Waals surface area contributed by atoms with Crippen LogP contribution in [0.5, 0.6) is 0 Å². The predicted octanol–water partition coefficient (Wildman–Crippen LogP) is 2.43. The summed E-state index contributed by atoms with van der Waals surface area (Å²) in [5, 5.41) is 0. The van der Waals surface area contributed by atoms with Crippen LogP contribution in [-0.4, -0.2) is 51.5 Å². The molecule has 0 unspecified atom stereocenters. The van der Waals surface area contributed by atoms with E-state index in [-0.39, 0.29) is 11.8 Å². The number of carbonyl (C=O) groups excluding carboxylic acids is 1. The highest BCUT2D eigenvalue weighted by atomic mass is 32.1. The number of thiazole rings is 1. The third-order valence-corrected chi connectivity index (χ3v) is 5.50. The van der Waals surface area contributed by atoms with Crippen molar-refractivity contribution in [2.75, 3.05) is 26.3 Å². The molecule has 0 saturated carbocycles. The molecule has 25 heavy (non-hydrogen) atoms. The molecule has 1 aliphatic heterocycles. The first-order valence-corrected chi connectivity index (χ1v) is 9.28. The van der Waals surface area contributed by atoms with E-state index in [1.165, 1.54) is 11.3 Å². The zero-order valence-corrected chi connectivity index (χ0v) is 14.9. The number of carbonyl (C=O) groups is 1. The maximum absolute atomic E-state index is 12.8. The molecule has 1 atom stereocenters. The molecule has 1 aliphatic rings. The highest BCUT2D eigenvalue weighted by Crippen LogP contribution is 2.20. The molecule has 6 nitrogen and oxygen atoms in total. The second kappa shape index (κ2) is 6.93. The molecular formula is C18H20N4O2S. The largest absolute Gasteiger partial charge is 0.379 e. The lowest BCUT2D eigenvalue weighted by atomic mass is 10.0. The van der Waals surface area contributed by atoms with Crippen LogP contribution in [-0.2, 0) is 11.2 Å².